The Balaban J connectivity index is 2.16. The van der Waals surface area contributed by atoms with Gasteiger partial charge in [-0.25, -0.2) is 9.67 Å². The molecule has 0 aromatic carbocycles. The molecule has 0 unspecified atom stereocenters. The van der Waals surface area contributed by atoms with E-state index in [1.54, 1.807) is 0 Å². The zero-order chi connectivity index (χ0) is 11.1. The zero-order valence-corrected chi connectivity index (χ0v) is 11.6. The van der Waals surface area contributed by atoms with E-state index in [-0.39, 0.29) is 0 Å². The fourth-order valence-electron chi connectivity index (χ4n) is 2.36. The first kappa shape index (κ1) is 10.8. The van der Waals surface area contributed by atoms with Crippen LogP contribution in [0.3, 0.4) is 0 Å². The molecule has 0 bridgehead atoms. The smallest absolute Gasteiger partial charge is 0.159 e. The summed E-state index contributed by atoms with van der Waals surface area (Å²) < 4.78 is 3.03. The molecule has 2 heterocycles. The van der Waals surface area contributed by atoms with Crippen LogP contribution >= 0.6 is 34.2 Å². The van der Waals surface area contributed by atoms with E-state index in [1.165, 1.54) is 25.7 Å². The van der Waals surface area contributed by atoms with Crippen LogP contribution < -0.4 is 0 Å². The van der Waals surface area contributed by atoms with Crippen molar-refractivity contribution in [2.75, 3.05) is 0 Å². The van der Waals surface area contributed by atoms with E-state index in [0.29, 0.717) is 6.04 Å². The SMILES string of the molecule is Clc1c(I)cnc2c1cnn2C1CCCC1. The minimum absolute atomic E-state index is 0.515. The molecule has 16 heavy (non-hydrogen) atoms. The van der Waals surface area contributed by atoms with E-state index in [9.17, 15) is 0 Å². The Hall–Kier alpha value is -0.360. The Morgan fingerprint density at radius 2 is 2.06 bits per heavy atom. The molecule has 2 aromatic heterocycles. The van der Waals surface area contributed by atoms with Crippen molar-refractivity contribution < 1.29 is 0 Å². The molecule has 1 aliphatic rings. The highest BCUT2D eigenvalue weighted by Gasteiger charge is 2.21. The lowest BCUT2D eigenvalue weighted by Crippen LogP contribution is -2.06. The fraction of sp³-hybridized carbons (Fsp3) is 0.455. The topological polar surface area (TPSA) is 30.7 Å². The van der Waals surface area contributed by atoms with Crippen LogP contribution in [0, 0.1) is 3.57 Å². The van der Waals surface area contributed by atoms with E-state index in [4.69, 9.17) is 11.6 Å². The van der Waals surface area contributed by atoms with Gasteiger partial charge in [0.25, 0.3) is 0 Å². The van der Waals surface area contributed by atoms with E-state index in [0.717, 1.165) is 19.6 Å². The molecular weight excluding hydrogens is 336 g/mol. The van der Waals surface area contributed by atoms with Gasteiger partial charge in [0.05, 0.1) is 26.2 Å². The average Bonchev–Trinajstić information content (AvgIpc) is 2.91. The quantitative estimate of drug-likeness (QED) is 0.735. The molecule has 0 aliphatic heterocycles. The molecule has 5 heteroatoms. The third kappa shape index (κ3) is 1.62. The first-order valence-electron chi connectivity index (χ1n) is 5.44. The Morgan fingerprint density at radius 1 is 1.31 bits per heavy atom. The standard InChI is InChI=1S/C11H11ClIN3/c12-10-8-5-15-16(7-3-1-2-4-7)11(8)14-6-9(10)13/h5-7H,1-4H2. The van der Waals surface area contributed by atoms with Crippen molar-refractivity contribution >= 4 is 45.2 Å². The molecule has 0 spiro atoms. The molecular formula is C11H11ClIN3. The Kier molecular flexibility index (Phi) is 2.79. The highest BCUT2D eigenvalue weighted by molar-refractivity contribution is 14.1. The van der Waals surface area contributed by atoms with Gasteiger partial charge < -0.3 is 0 Å². The highest BCUT2D eigenvalue weighted by Crippen LogP contribution is 2.33. The van der Waals surface area contributed by atoms with Gasteiger partial charge in [0.2, 0.25) is 0 Å². The molecule has 1 aliphatic carbocycles. The molecule has 0 atom stereocenters. The summed E-state index contributed by atoms with van der Waals surface area (Å²) in [5, 5.41) is 6.19. The molecule has 0 N–H and O–H groups in total. The zero-order valence-electron chi connectivity index (χ0n) is 8.66. The third-order valence-corrected chi connectivity index (χ3v) is 4.73. The van der Waals surface area contributed by atoms with Gasteiger partial charge in [-0.1, -0.05) is 24.4 Å². The Morgan fingerprint density at radius 3 is 2.81 bits per heavy atom. The average molecular weight is 348 g/mol. The van der Waals surface area contributed by atoms with Gasteiger partial charge in [0.1, 0.15) is 0 Å². The summed E-state index contributed by atoms with van der Waals surface area (Å²) in [5.74, 6) is 0. The highest BCUT2D eigenvalue weighted by atomic mass is 127. The van der Waals surface area contributed by atoms with Gasteiger partial charge in [0, 0.05) is 6.20 Å². The van der Waals surface area contributed by atoms with Crippen molar-refractivity contribution in [3.63, 3.8) is 0 Å². The maximum absolute atomic E-state index is 6.25. The lowest BCUT2D eigenvalue weighted by Gasteiger charge is -2.10. The lowest BCUT2D eigenvalue weighted by atomic mass is 10.2. The van der Waals surface area contributed by atoms with E-state index < -0.39 is 0 Å². The molecule has 0 saturated heterocycles. The molecule has 0 radical (unpaired) electrons. The summed E-state index contributed by atoms with van der Waals surface area (Å²) in [5.41, 5.74) is 0.928. The number of aromatic nitrogens is 3. The Bertz CT molecular complexity index is 531. The second-order valence-corrected chi connectivity index (χ2v) is 5.72. The van der Waals surface area contributed by atoms with E-state index in [1.807, 2.05) is 17.1 Å². The fourth-order valence-corrected chi connectivity index (χ4v) is 2.97. The van der Waals surface area contributed by atoms with Gasteiger partial charge in [-0.2, -0.15) is 5.10 Å². The van der Waals surface area contributed by atoms with Crippen LogP contribution in [0.25, 0.3) is 11.0 Å². The first-order chi connectivity index (χ1) is 7.77. The van der Waals surface area contributed by atoms with Gasteiger partial charge in [0.15, 0.2) is 5.65 Å². The monoisotopic (exact) mass is 347 g/mol. The van der Waals surface area contributed by atoms with Crippen molar-refractivity contribution in [3.8, 4) is 0 Å². The molecule has 0 amide bonds. The van der Waals surface area contributed by atoms with Crippen LogP contribution in [-0.2, 0) is 0 Å². The molecule has 84 valence electrons. The maximum Gasteiger partial charge on any atom is 0.159 e. The van der Waals surface area contributed by atoms with Gasteiger partial charge >= 0.3 is 0 Å². The van der Waals surface area contributed by atoms with Crippen LogP contribution in [0.15, 0.2) is 12.4 Å². The van der Waals surface area contributed by atoms with Crippen LogP contribution in [0.4, 0.5) is 0 Å². The van der Waals surface area contributed by atoms with Crippen LogP contribution in [0.2, 0.25) is 5.02 Å². The van der Waals surface area contributed by atoms with Crippen molar-refractivity contribution in [1.29, 1.82) is 0 Å². The van der Waals surface area contributed by atoms with Gasteiger partial charge in [-0.3, -0.25) is 0 Å². The number of fused-ring (bicyclic) bond motifs is 1. The minimum atomic E-state index is 0.515. The second-order valence-electron chi connectivity index (χ2n) is 4.18. The summed E-state index contributed by atoms with van der Waals surface area (Å²) in [6, 6.07) is 0.515. The molecule has 1 fully saturated rings. The molecule has 3 rings (SSSR count). The predicted octanol–water partition coefficient (Wildman–Crippen LogP) is 3.80. The first-order valence-corrected chi connectivity index (χ1v) is 6.90. The largest absolute Gasteiger partial charge is 0.244 e. The third-order valence-electron chi connectivity index (χ3n) is 3.19. The number of pyridine rings is 1. The summed E-state index contributed by atoms with van der Waals surface area (Å²) in [7, 11) is 0. The van der Waals surface area contributed by atoms with Gasteiger partial charge in [-0.05, 0) is 35.4 Å². The lowest BCUT2D eigenvalue weighted by molar-refractivity contribution is 0.478. The van der Waals surface area contributed by atoms with Crippen molar-refractivity contribution in [3.05, 3.63) is 21.0 Å². The van der Waals surface area contributed by atoms with Crippen LogP contribution in [0.1, 0.15) is 31.7 Å². The molecule has 2 aromatic rings. The number of nitrogens with zero attached hydrogens (tertiary/aromatic N) is 3. The number of rotatable bonds is 1. The second kappa shape index (κ2) is 4.14. The number of hydrogen-bond donors (Lipinski definition) is 0. The molecule has 1 saturated carbocycles. The summed E-state index contributed by atoms with van der Waals surface area (Å²) in [6.45, 7) is 0. The van der Waals surface area contributed by atoms with E-state index in [2.05, 4.69) is 32.7 Å². The Labute approximate surface area is 112 Å². The van der Waals surface area contributed by atoms with E-state index >= 15 is 0 Å². The number of hydrogen-bond acceptors (Lipinski definition) is 2. The molecule has 3 nitrogen and oxygen atoms in total. The van der Waals surface area contributed by atoms with Crippen molar-refractivity contribution in [2.45, 2.75) is 31.7 Å². The minimum Gasteiger partial charge on any atom is -0.244 e. The van der Waals surface area contributed by atoms with Gasteiger partial charge in [-0.15, -0.1) is 0 Å². The summed E-state index contributed by atoms with van der Waals surface area (Å²) >= 11 is 8.44. The predicted molar refractivity (Wildman–Crippen MR) is 72.8 cm³/mol. The normalized spacial score (nSPS) is 17.4. The van der Waals surface area contributed by atoms with Crippen LogP contribution in [-0.4, -0.2) is 14.8 Å². The van der Waals surface area contributed by atoms with Crippen LogP contribution in [0.5, 0.6) is 0 Å². The van der Waals surface area contributed by atoms with Crippen molar-refractivity contribution in [1.82, 2.24) is 14.8 Å². The number of halogens is 2. The summed E-state index contributed by atoms with van der Waals surface area (Å²) in [6.07, 6.45) is 8.67. The maximum atomic E-state index is 6.25. The van der Waals surface area contributed by atoms with Crippen molar-refractivity contribution in [2.24, 2.45) is 0 Å². The summed E-state index contributed by atoms with van der Waals surface area (Å²) in [4.78, 5) is 4.45.